The van der Waals surface area contributed by atoms with E-state index >= 15 is 0 Å². The van der Waals surface area contributed by atoms with Crippen molar-refractivity contribution in [1.29, 1.82) is 0 Å². The van der Waals surface area contributed by atoms with Crippen molar-refractivity contribution in [3.63, 3.8) is 0 Å². The molecule has 0 aliphatic rings. The molecule has 0 aliphatic heterocycles. The molecule has 2 aromatic rings. The van der Waals surface area contributed by atoms with Gasteiger partial charge in [0.05, 0.1) is 5.56 Å². The second kappa shape index (κ2) is 6.93. The van der Waals surface area contributed by atoms with Crippen LogP contribution in [-0.2, 0) is 9.53 Å². The van der Waals surface area contributed by atoms with Gasteiger partial charge in [-0.2, -0.15) is 0 Å². The molecule has 120 valence electrons. The number of hydrogen-bond acceptors (Lipinski definition) is 6. The van der Waals surface area contributed by atoms with Gasteiger partial charge in [0, 0.05) is 6.92 Å². The molecule has 2 atom stereocenters. The number of aliphatic hydroxyl groups is 1. The Bertz CT molecular complexity index is 707. The van der Waals surface area contributed by atoms with Crippen molar-refractivity contribution in [2.75, 3.05) is 0 Å². The molecule has 2 rings (SSSR count). The number of ketones is 1. The standard InChI is InChI=1S/C17H16O6/c1-10(18)23-17(11-6-8-12(19)9-7-11)16(22)15(21)13-4-2-3-5-14(13)20/h2-9,16-17,19-20,22H,1H3. The molecule has 3 N–H and O–H groups in total. The largest absolute Gasteiger partial charge is 0.508 e. The minimum atomic E-state index is -1.70. The van der Waals surface area contributed by atoms with Crippen LogP contribution in [-0.4, -0.2) is 33.2 Å². The molecule has 2 unspecified atom stereocenters. The van der Waals surface area contributed by atoms with E-state index in [0.717, 1.165) is 6.92 Å². The number of hydrogen-bond donors (Lipinski definition) is 3. The summed E-state index contributed by atoms with van der Waals surface area (Å²) in [5.74, 6) is -1.73. The smallest absolute Gasteiger partial charge is 0.303 e. The van der Waals surface area contributed by atoms with Crippen LogP contribution in [0.4, 0.5) is 0 Å². The molecule has 0 aromatic heterocycles. The summed E-state index contributed by atoms with van der Waals surface area (Å²) in [5.41, 5.74) is 0.269. The third-order valence-corrected chi connectivity index (χ3v) is 3.24. The summed E-state index contributed by atoms with van der Waals surface area (Å²) in [7, 11) is 0. The zero-order valence-electron chi connectivity index (χ0n) is 12.3. The maximum Gasteiger partial charge on any atom is 0.303 e. The number of carbonyl (C=O) groups excluding carboxylic acids is 2. The van der Waals surface area contributed by atoms with Gasteiger partial charge in [0.1, 0.15) is 11.5 Å². The van der Waals surface area contributed by atoms with Gasteiger partial charge in [-0.15, -0.1) is 0 Å². The number of benzene rings is 2. The number of aliphatic hydroxyl groups excluding tert-OH is 1. The van der Waals surface area contributed by atoms with E-state index in [4.69, 9.17) is 4.74 Å². The topological polar surface area (TPSA) is 104 Å². The van der Waals surface area contributed by atoms with Crippen LogP contribution in [0.2, 0.25) is 0 Å². The Hall–Kier alpha value is -2.86. The van der Waals surface area contributed by atoms with E-state index in [1.807, 2.05) is 0 Å². The van der Waals surface area contributed by atoms with Crippen LogP contribution >= 0.6 is 0 Å². The maximum atomic E-state index is 12.4. The van der Waals surface area contributed by atoms with Crippen LogP contribution in [0.5, 0.6) is 11.5 Å². The van der Waals surface area contributed by atoms with Crippen LogP contribution in [0.25, 0.3) is 0 Å². The van der Waals surface area contributed by atoms with Crippen LogP contribution in [0.1, 0.15) is 28.9 Å². The predicted molar refractivity (Wildman–Crippen MR) is 81.1 cm³/mol. The monoisotopic (exact) mass is 316 g/mol. The summed E-state index contributed by atoms with van der Waals surface area (Å²) in [5, 5.41) is 29.4. The predicted octanol–water partition coefficient (Wildman–Crippen LogP) is 1.95. The first-order valence-corrected chi connectivity index (χ1v) is 6.86. The van der Waals surface area contributed by atoms with E-state index in [-0.39, 0.29) is 17.1 Å². The quantitative estimate of drug-likeness (QED) is 0.575. The molecule has 2 aromatic carbocycles. The van der Waals surface area contributed by atoms with Crippen molar-refractivity contribution in [3.8, 4) is 11.5 Å². The second-order valence-electron chi connectivity index (χ2n) is 4.95. The number of phenolic OH excluding ortho intramolecular Hbond substituents is 2. The molecule has 0 amide bonds. The minimum Gasteiger partial charge on any atom is -0.508 e. The third kappa shape index (κ3) is 3.87. The number of phenols is 2. The molecule has 6 nitrogen and oxygen atoms in total. The lowest BCUT2D eigenvalue weighted by Crippen LogP contribution is -2.31. The molecular formula is C17H16O6. The lowest BCUT2D eigenvalue weighted by molar-refractivity contribution is -0.151. The molecule has 0 spiro atoms. The Morgan fingerprint density at radius 3 is 2.17 bits per heavy atom. The summed E-state index contributed by atoms with van der Waals surface area (Å²) in [6.07, 6.45) is -2.95. The van der Waals surface area contributed by atoms with Gasteiger partial charge < -0.3 is 20.1 Å². The number of aromatic hydroxyl groups is 2. The Morgan fingerprint density at radius 2 is 1.61 bits per heavy atom. The van der Waals surface area contributed by atoms with Crippen LogP contribution in [0, 0.1) is 0 Å². The highest BCUT2D eigenvalue weighted by Crippen LogP contribution is 2.28. The number of rotatable bonds is 5. The second-order valence-corrected chi connectivity index (χ2v) is 4.95. The normalized spacial score (nSPS) is 13.1. The highest BCUT2D eigenvalue weighted by atomic mass is 16.6. The van der Waals surface area contributed by atoms with Crippen molar-refractivity contribution in [2.24, 2.45) is 0 Å². The van der Waals surface area contributed by atoms with Crippen LogP contribution in [0.15, 0.2) is 48.5 Å². The van der Waals surface area contributed by atoms with Gasteiger partial charge in [-0.25, -0.2) is 0 Å². The van der Waals surface area contributed by atoms with Gasteiger partial charge in [-0.05, 0) is 29.8 Å². The van der Waals surface area contributed by atoms with Crippen molar-refractivity contribution in [1.82, 2.24) is 0 Å². The van der Waals surface area contributed by atoms with Gasteiger partial charge in [0.25, 0.3) is 0 Å². The molecule has 0 radical (unpaired) electrons. The summed E-state index contributed by atoms with van der Waals surface area (Å²) in [6.45, 7) is 1.16. The molecule has 0 fully saturated rings. The zero-order valence-corrected chi connectivity index (χ0v) is 12.3. The van der Waals surface area contributed by atoms with Gasteiger partial charge in [0.15, 0.2) is 18.0 Å². The average Bonchev–Trinajstić information content (AvgIpc) is 2.52. The first kappa shape index (κ1) is 16.5. The van der Waals surface area contributed by atoms with Crippen molar-refractivity contribution in [3.05, 3.63) is 59.7 Å². The number of para-hydroxylation sites is 1. The number of Topliss-reactive ketones (excluding diaryl/α,β-unsaturated/α-hetero) is 1. The summed E-state index contributed by atoms with van der Waals surface area (Å²) in [6, 6.07) is 11.3. The number of ether oxygens (including phenoxy) is 1. The van der Waals surface area contributed by atoms with Gasteiger partial charge in [-0.1, -0.05) is 24.3 Å². The van der Waals surface area contributed by atoms with Crippen molar-refractivity contribution < 1.29 is 29.6 Å². The number of carbonyl (C=O) groups is 2. The van der Waals surface area contributed by atoms with E-state index in [1.165, 1.54) is 36.4 Å². The highest BCUT2D eigenvalue weighted by molar-refractivity contribution is 6.02. The van der Waals surface area contributed by atoms with Crippen molar-refractivity contribution in [2.45, 2.75) is 19.1 Å². The van der Waals surface area contributed by atoms with E-state index in [1.54, 1.807) is 12.1 Å². The number of esters is 1. The third-order valence-electron chi connectivity index (χ3n) is 3.24. The molecule has 0 saturated heterocycles. The molecule has 0 saturated carbocycles. The van der Waals surface area contributed by atoms with Crippen LogP contribution < -0.4 is 0 Å². The summed E-state index contributed by atoms with van der Waals surface area (Å²) >= 11 is 0. The Balaban J connectivity index is 2.35. The summed E-state index contributed by atoms with van der Waals surface area (Å²) in [4.78, 5) is 23.7. The Labute approximate surface area is 132 Å². The zero-order chi connectivity index (χ0) is 17.0. The Kier molecular flexibility index (Phi) is 4.98. The molecular weight excluding hydrogens is 300 g/mol. The molecule has 6 heteroatoms. The molecule has 23 heavy (non-hydrogen) atoms. The Morgan fingerprint density at radius 1 is 1.00 bits per heavy atom. The SMILES string of the molecule is CC(=O)OC(c1ccc(O)cc1)C(O)C(=O)c1ccccc1O. The minimum absolute atomic E-state index is 0.00292. The molecule has 0 aliphatic carbocycles. The summed E-state index contributed by atoms with van der Waals surface area (Å²) < 4.78 is 5.05. The van der Waals surface area contributed by atoms with Gasteiger partial charge in [0.2, 0.25) is 0 Å². The fourth-order valence-corrected chi connectivity index (χ4v) is 2.14. The fraction of sp³-hybridized carbons (Fsp3) is 0.176. The lowest BCUT2D eigenvalue weighted by Gasteiger charge is -2.22. The maximum absolute atomic E-state index is 12.4. The van der Waals surface area contributed by atoms with E-state index in [2.05, 4.69) is 0 Å². The van der Waals surface area contributed by atoms with E-state index in [0.29, 0.717) is 5.56 Å². The molecule has 0 bridgehead atoms. The average molecular weight is 316 g/mol. The van der Waals surface area contributed by atoms with E-state index in [9.17, 15) is 24.9 Å². The van der Waals surface area contributed by atoms with E-state index < -0.39 is 24.0 Å². The lowest BCUT2D eigenvalue weighted by atomic mass is 9.96. The fourth-order valence-electron chi connectivity index (χ4n) is 2.14. The van der Waals surface area contributed by atoms with Gasteiger partial charge in [-0.3, -0.25) is 9.59 Å². The van der Waals surface area contributed by atoms with Crippen molar-refractivity contribution >= 4 is 11.8 Å². The first-order chi connectivity index (χ1) is 10.9. The first-order valence-electron chi connectivity index (χ1n) is 6.86. The molecule has 0 heterocycles. The van der Waals surface area contributed by atoms with Crippen LogP contribution in [0.3, 0.4) is 0 Å². The van der Waals surface area contributed by atoms with Gasteiger partial charge >= 0.3 is 5.97 Å². The highest BCUT2D eigenvalue weighted by Gasteiger charge is 2.32.